The second-order valence-electron chi connectivity index (χ2n) is 4.79. The zero-order valence-electron chi connectivity index (χ0n) is 12.6. The second kappa shape index (κ2) is 7.84. The Labute approximate surface area is 133 Å². The topological polar surface area (TPSA) is 59.0 Å². The molecule has 0 aliphatic rings. The summed E-state index contributed by atoms with van der Waals surface area (Å²) in [5, 5.41) is 9.71. The van der Waals surface area contributed by atoms with Gasteiger partial charge in [-0.25, -0.2) is 9.18 Å². The minimum Gasteiger partial charge on any atom is -0.337 e. The number of urea groups is 1. The highest BCUT2D eigenvalue weighted by Gasteiger charge is 2.05. The molecule has 0 atom stereocenters. The average Bonchev–Trinajstić information content (AvgIpc) is 2.83. The molecule has 0 bridgehead atoms. The van der Waals surface area contributed by atoms with Crippen LogP contribution in [-0.2, 0) is 13.6 Å². The first-order valence-electron chi connectivity index (χ1n) is 6.94. The fourth-order valence-corrected chi connectivity index (χ4v) is 2.59. The third-order valence-corrected chi connectivity index (χ3v) is 4.26. The highest BCUT2D eigenvalue weighted by atomic mass is 32.2. The standard InChI is InChI=1S/C15H19FN4OS/c1-11-12(10-19-20(11)2)9-18-15(21)17-7-8-22-14-5-3-13(16)4-6-14/h3-6,10H,7-9H2,1-2H3,(H2,17,18,21). The normalized spacial score (nSPS) is 10.5. The Morgan fingerprint density at radius 1 is 1.32 bits per heavy atom. The molecule has 0 saturated heterocycles. The highest BCUT2D eigenvalue weighted by molar-refractivity contribution is 7.99. The third kappa shape index (κ3) is 4.77. The van der Waals surface area contributed by atoms with Crippen LogP contribution in [-0.4, -0.2) is 28.1 Å². The predicted octanol–water partition coefficient (Wildman–Crippen LogP) is 2.46. The summed E-state index contributed by atoms with van der Waals surface area (Å²) in [6, 6.07) is 6.11. The van der Waals surface area contributed by atoms with Gasteiger partial charge in [0.2, 0.25) is 0 Å². The molecule has 2 N–H and O–H groups in total. The lowest BCUT2D eigenvalue weighted by atomic mass is 10.2. The van der Waals surface area contributed by atoms with Gasteiger partial charge >= 0.3 is 6.03 Å². The Morgan fingerprint density at radius 3 is 2.68 bits per heavy atom. The lowest BCUT2D eigenvalue weighted by Gasteiger charge is -2.07. The number of aromatic nitrogens is 2. The number of hydrogen-bond donors (Lipinski definition) is 2. The summed E-state index contributed by atoms with van der Waals surface area (Å²) >= 11 is 1.57. The van der Waals surface area contributed by atoms with Crippen LogP contribution >= 0.6 is 11.8 Å². The van der Waals surface area contributed by atoms with Crippen molar-refractivity contribution >= 4 is 17.8 Å². The van der Waals surface area contributed by atoms with Crippen LogP contribution in [0.2, 0.25) is 0 Å². The Kier molecular flexibility index (Phi) is 5.83. The molecule has 0 saturated carbocycles. The van der Waals surface area contributed by atoms with Crippen LogP contribution in [0.25, 0.3) is 0 Å². The van der Waals surface area contributed by atoms with E-state index < -0.39 is 0 Å². The summed E-state index contributed by atoms with van der Waals surface area (Å²) in [5.74, 6) is 0.484. The van der Waals surface area contributed by atoms with Crippen LogP contribution < -0.4 is 10.6 Å². The number of carbonyl (C=O) groups excluding carboxylic acids is 1. The van der Waals surface area contributed by atoms with E-state index in [2.05, 4.69) is 15.7 Å². The van der Waals surface area contributed by atoms with Crippen molar-refractivity contribution < 1.29 is 9.18 Å². The molecule has 0 aliphatic carbocycles. The number of benzene rings is 1. The first-order chi connectivity index (χ1) is 10.6. The summed E-state index contributed by atoms with van der Waals surface area (Å²) in [4.78, 5) is 12.7. The molecule has 0 fully saturated rings. The monoisotopic (exact) mass is 322 g/mol. The molecule has 1 aromatic carbocycles. The molecule has 1 aromatic heterocycles. The molecule has 7 heteroatoms. The van der Waals surface area contributed by atoms with Gasteiger partial charge in [0.05, 0.1) is 6.20 Å². The van der Waals surface area contributed by atoms with Crippen molar-refractivity contribution in [1.82, 2.24) is 20.4 Å². The van der Waals surface area contributed by atoms with E-state index in [9.17, 15) is 9.18 Å². The maximum Gasteiger partial charge on any atom is 0.315 e. The minimum atomic E-state index is -0.243. The Bertz CT molecular complexity index is 627. The molecule has 22 heavy (non-hydrogen) atoms. The van der Waals surface area contributed by atoms with Gasteiger partial charge in [-0.3, -0.25) is 4.68 Å². The smallest absolute Gasteiger partial charge is 0.315 e. The van der Waals surface area contributed by atoms with Crippen LogP contribution in [0.4, 0.5) is 9.18 Å². The summed E-state index contributed by atoms with van der Waals surface area (Å²) < 4.78 is 14.5. The van der Waals surface area contributed by atoms with Crippen LogP contribution in [0.5, 0.6) is 0 Å². The number of nitrogens with zero attached hydrogens (tertiary/aromatic N) is 2. The number of hydrogen-bond acceptors (Lipinski definition) is 3. The molecule has 0 unspecified atom stereocenters. The average molecular weight is 322 g/mol. The number of thioether (sulfide) groups is 1. The van der Waals surface area contributed by atoms with E-state index in [0.717, 1.165) is 21.9 Å². The van der Waals surface area contributed by atoms with Crippen LogP contribution in [0.15, 0.2) is 35.4 Å². The Balaban J connectivity index is 1.63. The zero-order valence-corrected chi connectivity index (χ0v) is 13.4. The van der Waals surface area contributed by atoms with Crippen molar-refractivity contribution in [3.8, 4) is 0 Å². The molecule has 0 spiro atoms. The molecule has 2 amide bonds. The molecule has 2 rings (SSSR count). The van der Waals surface area contributed by atoms with Gasteiger partial charge in [0.15, 0.2) is 0 Å². The summed E-state index contributed by atoms with van der Waals surface area (Å²) in [6.45, 7) is 2.96. The Hall–Kier alpha value is -2.02. The van der Waals surface area contributed by atoms with E-state index in [4.69, 9.17) is 0 Å². The largest absolute Gasteiger partial charge is 0.337 e. The summed E-state index contributed by atoms with van der Waals surface area (Å²) in [7, 11) is 1.87. The number of nitrogens with one attached hydrogen (secondary N) is 2. The fourth-order valence-electron chi connectivity index (χ4n) is 1.82. The number of halogens is 1. The van der Waals surface area contributed by atoms with Crippen molar-refractivity contribution in [3.05, 3.63) is 47.5 Å². The van der Waals surface area contributed by atoms with Crippen molar-refractivity contribution in [3.63, 3.8) is 0 Å². The molecule has 118 valence electrons. The van der Waals surface area contributed by atoms with Crippen molar-refractivity contribution in [2.45, 2.75) is 18.4 Å². The highest BCUT2D eigenvalue weighted by Crippen LogP contribution is 2.17. The van der Waals surface area contributed by atoms with Gasteiger partial charge in [-0.05, 0) is 31.2 Å². The number of carbonyl (C=O) groups is 1. The van der Waals surface area contributed by atoms with E-state index >= 15 is 0 Å². The molecule has 5 nitrogen and oxygen atoms in total. The maximum absolute atomic E-state index is 12.8. The van der Waals surface area contributed by atoms with Gasteiger partial charge in [-0.2, -0.15) is 5.10 Å². The predicted molar refractivity (Wildman–Crippen MR) is 85.3 cm³/mol. The van der Waals surface area contributed by atoms with Crippen LogP contribution in [0.3, 0.4) is 0 Å². The van der Waals surface area contributed by atoms with Gasteiger partial charge < -0.3 is 10.6 Å². The van der Waals surface area contributed by atoms with Crippen LogP contribution in [0.1, 0.15) is 11.3 Å². The van der Waals surface area contributed by atoms with Gasteiger partial charge in [-0.1, -0.05) is 0 Å². The molecule has 0 aliphatic heterocycles. The summed E-state index contributed by atoms with van der Waals surface area (Å²) in [5.41, 5.74) is 2.03. The molecular weight excluding hydrogens is 303 g/mol. The SMILES string of the molecule is Cc1c(CNC(=O)NCCSc2ccc(F)cc2)cnn1C. The Morgan fingerprint density at radius 2 is 2.05 bits per heavy atom. The van der Waals surface area contributed by atoms with Gasteiger partial charge in [-0.15, -0.1) is 11.8 Å². The van der Waals surface area contributed by atoms with E-state index in [0.29, 0.717) is 13.1 Å². The summed E-state index contributed by atoms with van der Waals surface area (Å²) in [6.07, 6.45) is 1.75. The van der Waals surface area contributed by atoms with Crippen molar-refractivity contribution in [2.24, 2.45) is 7.05 Å². The van der Waals surface area contributed by atoms with Gasteiger partial charge in [0.1, 0.15) is 5.82 Å². The molecule has 2 aromatic rings. The lowest BCUT2D eigenvalue weighted by molar-refractivity contribution is 0.241. The molecule has 0 radical (unpaired) electrons. The number of rotatable bonds is 6. The molecular formula is C15H19FN4OS. The number of aryl methyl sites for hydroxylation is 1. The minimum absolute atomic E-state index is 0.206. The molecule has 1 heterocycles. The van der Waals surface area contributed by atoms with E-state index in [1.807, 2.05) is 14.0 Å². The zero-order chi connectivity index (χ0) is 15.9. The van der Waals surface area contributed by atoms with E-state index in [-0.39, 0.29) is 11.8 Å². The number of amides is 2. The first-order valence-corrected chi connectivity index (χ1v) is 7.92. The van der Waals surface area contributed by atoms with E-state index in [1.165, 1.54) is 12.1 Å². The van der Waals surface area contributed by atoms with E-state index in [1.54, 1.807) is 34.8 Å². The van der Waals surface area contributed by atoms with Crippen molar-refractivity contribution in [2.75, 3.05) is 12.3 Å². The first kappa shape index (κ1) is 16.4. The van der Waals surface area contributed by atoms with Gasteiger partial charge in [0, 0.05) is 42.0 Å². The van der Waals surface area contributed by atoms with Crippen molar-refractivity contribution in [1.29, 1.82) is 0 Å². The maximum atomic E-state index is 12.8. The third-order valence-electron chi connectivity index (χ3n) is 3.25. The van der Waals surface area contributed by atoms with Gasteiger partial charge in [0.25, 0.3) is 0 Å². The second-order valence-corrected chi connectivity index (χ2v) is 5.96. The lowest BCUT2D eigenvalue weighted by Crippen LogP contribution is -2.36. The fraction of sp³-hybridized carbons (Fsp3) is 0.333. The van der Waals surface area contributed by atoms with Crippen LogP contribution in [0, 0.1) is 12.7 Å². The quantitative estimate of drug-likeness (QED) is 0.634.